The summed E-state index contributed by atoms with van der Waals surface area (Å²) in [5.41, 5.74) is 3.65. The second-order valence-corrected chi connectivity index (χ2v) is 5.19. The highest BCUT2D eigenvalue weighted by Crippen LogP contribution is 2.31. The first-order valence-corrected chi connectivity index (χ1v) is 5.77. The van der Waals surface area contributed by atoms with Gasteiger partial charge in [-0.05, 0) is 12.8 Å². The molecule has 0 aromatic heterocycles. The van der Waals surface area contributed by atoms with E-state index in [1.807, 2.05) is 0 Å². The largest absolute Gasteiger partial charge is 0.480 e. The van der Waals surface area contributed by atoms with Gasteiger partial charge in [0.2, 0.25) is 0 Å². The van der Waals surface area contributed by atoms with Crippen LogP contribution in [-0.4, -0.2) is 34.8 Å². The molecule has 1 aliphatic carbocycles. The van der Waals surface area contributed by atoms with Crippen LogP contribution in [0, 0.1) is 0 Å². The van der Waals surface area contributed by atoms with Gasteiger partial charge in [-0.2, -0.15) is 8.42 Å². The molecule has 0 aliphatic heterocycles. The van der Waals surface area contributed by atoms with E-state index in [0.29, 0.717) is 12.8 Å². The smallest absolute Gasteiger partial charge is 0.325 e. The number of carboxylic acid groups (broad SMARTS) is 1. The average Bonchev–Trinajstić information content (AvgIpc) is 2.02. The van der Waals surface area contributed by atoms with E-state index in [0.717, 1.165) is 0 Å². The molecule has 14 heavy (non-hydrogen) atoms. The molecule has 82 valence electrons. The van der Waals surface area contributed by atoms with Gasteiger partial charge in [-0.3, -0.25) is 9.35 Å². The third-order valence-electron chi connectivity index (χ3n) is 2.64. The third-order valence-corrected chi connectivity index (χ3v) is 4.01. The fourth-order valence-corrected chi connectivity index (χ4v) is 3.04. The van der Waals surface area contributed by atoms with Crippen molar-refractivity contribution in [2.75, 3.05) is 0 Å². The van der Waals surface area contributed by atoms with Crippen LogP contribution in [0.25, 0.3) is 0 Å². The second kappa shape index (κ2) is 3.48. The standard InChI is InChI=1S/C7H13NO5S/c8-7(6(9)10)4-2-1-3-5(7)14(11,12)13/h5H,1-4,8H2,(H,9,10)(H,11,12,13). The zero-order chi connectivity index (χ0) is 11.0. The van der Waals surface area contributed by atoms with Gasteiger partial charge in [0, 0.05) is 0 Å². The molecule has 0 saturated heterocycles. The van der Waals surface area contributed by atoms with E-state index < -0.39 is 26.9 Å². The van der Waals surface area contributed by atoms with Crippen LogP contribution in [0.4, 0.5) is 0 Å². The van der Waals surface area contributed by atoms with Crippen molar-refractivity contribution in [2.24, 2.45) is 5.73 Å². The van der Waals surface area contributed by atoms with E-state index >= 15 is 0 Å². The topological polar surface area (TPSA) is 118 Å². The lowest BCUT2D eigenvalue weighted by Gasteiger charge is -2.35. The number of hydrogen-bond donors (Lipinski definition) is 3. The minimum absolute atomic E-state index is 0.0762. The van der Waals surface area contributed by atoms with E-state index in [4.69, 9.17) is 15.4 Å². The summed E-state index contributed by atoms with van der Waals surface area (Å²) in [6.45, 7) is 0. The second-order valence-electron chi connectivity index (χ2n) is 3.59. The summed E-state index contributed by atoms with van der Waals surface area (Å²) in [5.74, 6) is -1.38. The average molecular weight is 223 g/mol. The SMILES string of the molecule is NC1(C(=O)O)CCCCC1S(=O)(=O)O. The van der Waals surface area contributed by atoms with Gasteiger partial charge in [-0.15, -0.1) is 0 Å². The summed E-state index contributed by atoms with van der Waals surface area (Å²) in [6.07, 6.45) is 1.31. The Kier molecular flexibility index (Phi) is 2.84. The van der Waals surface area contributed by atoms with Crippen molar-refractivity contribution in [3.8, 4) is 0 Å². The van der Waals surface area contributed by atoms with E-state index in [9.17, 15) is 13.2 Å². The van der Waals surface area contributed by atoms with Gasteiger partial charge in [0.05, 0.1) is 0 Å². The lowest BCUT2D eigenvalue weighted by molar-refractivity contribution is -0.144. The number of aliphatic carboxylic acids is 1. The number of carbonyl (C=O) groups is 1. The summed E-state index contributed by atoms with van der Waals surface area (Å²) in [4.78, 5) is 10.8. The molecular formula is C7H13NO5S. The molecule has 0 heterocycles. The van der Waals surface area contributed by atoms with Crippen LogP contribution in [0.2, 0.25) is 0 Å². The molecule has 1 rings (SSSR count). The Bertz CT molecular complexity index is 338. The van der Waals surface area contributed by atoms with Gasteiger partial charge in [-0.25, -0.2) is 0 Å². The molecule has 0 bridgehead atoms. The van der Waals surface area contributed by atoms with Crippen molar-refractivity contribution >= 4 is 16.1 Å². The molecule has 1 fully saturated rings. The molecule has 2 unspecified atom stereocenters. The Labute approximate surface area is 81.8 Å². The normalized spacial score (nSPS) is 34.0. The molecule has 1 aliphatic rings. The maximum atomic E-state index is 10.9. The molecule has 4 N–H and O–H groups in total. The van der Waals surface area contributed by atoms with Crippen LogP contribution in [0.3, 0.4) is 0 Å². The maximum Gasteiger partial charge on any atom is 0.325 e. The molecule has 0 spiro atoms. The minimum Gasteiger partial charge on any atom is -0.480 e. The summed E-state index contributed by atoms with van der Waals surface area (Å²) in [5, 5.41) is 7.44. The molecule has 6 nitrogen and oxygen atoms in total. The number of rotatable bonds is 2. The quantitative estimate of drug-likeness (QED) is 0.548. The number of carboxylic acids is 1. The monoisotopic (exact) mass is 223 g/mol. The lowest BCUT2D eigenvalue weighted by Crippen LogP contribution is -2.61. The van der Waals surface area contributed by atoms with E-state index in [1.165, 1.54) is 0 Å². The Hall–Kier alpha value is -0.660. The first-order valence-electron chi connectivity index (χ1n) is 4.27. The fourth-order valence-electron chi connectivity index (χ4n) is 1.83. The van der Waals surface area contributed by atoms with Gasteiger partial charge >= 0.3 is 5.97 Å². The van der Waals surface area contributed by atoms with Crippen molar-refractivity contribution in [1.29, 1.82) is 0 Å². The van der Waals surface area contributed by atoms with Crippen molar-refractivity contribution < 1.29 is 22.9 Å². The highest BCUT2D eigenvalue weighted by atomic mass is 32.2. The molecule has 7 heteroatoms. The third kappa shape index (κ3) is 1.89. The zero-order valence-electron chi connectivity index (χ0n) is 7.51. The van der Waals surface area contributed by atoms with Gasteiger partial charge in [-0.1, -0.05) is 12.8 Å². The van der Waals surface area contributed by atoms with Gasteiger partial charge < -0.3 is 10.8 Å². The molecule has 0 radical (unpaired) electrons. The molecule has 2 atom stereocenters. The predicted molar refractivity (Wildman–Crippen MR) is 48.4 cm³/mol. The summed E-state index contributed by atoms with van der Waals surface area (Å²) >= 11 is 0. The van der Waals surface area contributed by atoms with Crippen LogP contribution >= 0.6 is 0 Å². The van der Waals surface area contributed by atoms with Gasteiger partial charge in [0.1, 0.15) is 10.8 Å². The highest BCUT2D eigenvalue weighted by Gasteiger charge is 2.50. The van der Waals surface area contributed by atoms with Crippen molar-refractivity contribution in [3.63, 3.8) is 0 Å². The summed E-state index contributed by atoms with van der Waals surface area (Å²) in [7, 11) is -4.38. The van der Waals surface area contributed by atoms with Crippen LogP contribution in [0.15, 0.2) is 0 Å². The molecular weight excluding hydrogens is 210 g/mol. The Balaban J connectivity index is 3.07. The fraction of sp³-hybridized carbons (Fsp3) is 0.857. The minimum atomic E-state index is -4.38. The zero-order valence-corrected chi connectivity index (χ0v) is 8.33. The Morgan fingerprint density at radius 1 is 1.43 bits per heavy atom. The van der Waals surface area contributed by atoms with Crippen LogP contribution in [0.5, 0.6) is 0 Å². The van der Waals surface area contributed by atoms with Crippen LogP contribution < -0.4 is 5.73 Å². The van der Waals surface area contributed by atoms with E-state index in [1.54, 1.807) is 0 Å². The first-order chi connectivity index (χ1) is 6.28. The molecule has 0 aromatic carbocycles. The number of nitrogens with two attached hydrogens (primary N) is 1. The molecule has 1 saturated carbocycles. The molecule has 0 aromatic rings. The van der Waals surface area contributed by atoms with Crippen LogP contribution in [-0.2, 0) is 14.9 Å². The molecule has 0 amide bonds. The maximum absolute atomic E-state index is 10.9. The van der Waals surface area contributed by atoms with Gasteiger partial charge in [0.15, 0.2) is 0 Å². The highest BCUT2D eigenvalue weighted by molar-refractivity contribution is 7.86. The van der Waals surface area contributed by atoms with E-state index in [-0.39, 0.29) is 12.8 Å². The van der Waals surface area contributed by atoms with Crippen molar-refractivity contribution in [2.45, 2.75) is 36.5 Å². The summed E-state index contributed by atoms with van der Waals surface area (Å²) < 4.78 is 30.7. The Morgan fingerprint density at radius 2 is 2.00 bits per heavy atom. The van der Waals surface area contributed by atoms with Crippen molar-refractivity contribution in [3.05, 3.63) is 0 Å². The first kappa shape index (κ1) is 11.4. The number of hydrogen-bond acceptors (Lipinski definition) is 4. The van der Waals surface area contributed by atoms with E-state index in [2.05, 4.69) is 0 Å². The van der Waals surface area contributed by atoms with Crippen molar-refractivity contribution in [1.82, 2.24) is 0 Å². The van der Waals surface area contributed by atoms with Crippen LogP contribution in [0.1, 0.15) is 25.7 Å². The summed E-state index contributed by atoms with van der Waals surface area (Å²) in [6, 6.07) is 0. The predicted octanol–water partition coefficient (Wildman–Crippen LogP) is -0.401. The lowest BCUT2D eigenvalue weighted by atomic mass is 9.82. The van der Waals surface area contributed by atoms with Gasteiger partial charge in [0.25, 0.3) is 10.1 Å². The Morgan fingerprint density at radius 3 is 2.36 bits per heavy atom.